The summed E-state index contributed by atoms with van der Waals surface area (Å²) in [7, 11) is 1.53. The van der Waals surface area contributed by atoms with E-state index in [-0.39, 0.29) is 37.4 Å². The van der Waals surface area contributed by atoms with Gasteiger partial charge in [-0.3, -0.25) is 14.4 Å². The van der Waals surface area contributed by atoms with Crippen LogP contribution in [0.1, 0.15) is 5.56 Å². The molecule has 7 nitrogen and oxygen atoms in total. The summed E-state index contributed by atoms with van der Waals surface area (Å²) >= 11 is 3.35. The maximum absolute atomic E-state index is 11.8. The number of anilines is 1. The highest BCUT2D eigenvalue weighted by Crippen LogP contribution is 2.19. The van der Waals surface area contributed by atoms with Crippen LogP contribution in [-0.2, 0) is 14.4 Å². The molecule has 1 rings (SSSR count). The van der Waals surface area contributed by atoms with Crippen molar-refractivity contribution in [2.75, 3.05) is 32.0 Å². The van der Waals surface area contributed by atoms with Crippen LogP contribution in [0.5, 0.6) is 0 Å². The highest BCUT2D eigenvalue weighted by atomic mass is 79.9. The summed E-state index contributed by atoms with van der Waals surface area (Å²) in [6.07, 6.45) is 0. The fourth-order valence-electron chi connectivity index (χ4n) is 1.65. The molecule has 0 radical (unpaired) electrons. The van der Waals surface area contributed by atoms with Gasteiger partial charge in [-0.25, -0.2) is 0 Å². The van der Waals surface area contributed by atoms with Crippen molar-refractivity contribution >= 4 is 39.3 Å². The third-order valence-electron chi connectivity index (χ3n) is 2.85. The second-order valence-corrected chi connectivity index (χ2v) is 5.57. The topological polar surface area (TPSA) is 104 Å². The number of likely N-dealkylation sites (N-methyl/N-ethyl adjacent to an activating group) is 1. The van der Waals surface area contributed by atoms with Gasteiger partial charge in [0, 0.05) is 17.2 Å². The van der Waals surface area contributed by atoms with Crippen molar-refractivity contribution in [3.63, 3.8) is 0 Å². The zero-order valence-electron chi connectivity index (χ0n) is 12.5. The normalized spacial score (nSPS) is 9.95. The summed E-state index contributed by atoms with van der Waals surface area (Å²) < 4.78 is 0.933. The van der Waals surface area contributed by atoms with Gasteiger partial charge in [-0.05, 0) is 30.7 Å². The van der Waals surface area contributed by atoms with Crippen molar-refractivity contribution < 1.29 is 19.7 Å². The first-order valence-corrected chi connectivity index (χ1v) is 7.56. The van der Waals surface area contributed by atoms with Crippen LogP contribution in [0.25, 0.3) is 0 Å². The van der Waals surface area contributed by atoms with E-state index in [2.05, 4.69) is 31.9 Å². The Hall–Kier alpha value is -1.93. The number of carbonyl (C=O) groups is 3. The van der Waals surface area contributed by atoms with Gasteiger partial charge in [0.15, 0.2) is 13.1 Å². The number of nitrogens with two attached hydrogens (primary N) is 1. The van der Waals surface area contributed by atoms with Crippen molar-refractivity contribution in [1.82, 2.24) is 10.6 Å². The number of halogens is 1. The van der Waals surface area contributed by atoms with Crippen molar-refractivity contribution in [3.05, 3.63) is 28.2 Å². The van der Waals surface area contributed by atoms with E-state index in [0.717, 1.165) is 10.0 Å². The highest BCUT2D eigenvalue weighted by Gasteiger charge is 2.09. The molecule has 0 heterocycles. The second-order valence-electron chi connectivity index (χ2n) is 4.65. The van der Waals surface area contributed by atoms with Crippen LogP contribution in [0.4, 0.5) is 5.69 Å². The molecule has 0 bridgehead atoms. The van der Waals surface area contributed by atoms with Crippen LogP contribution >= 0.6 is 15.9 Å². The van der Waals surface area contributed by atoms with Crippen LogP contribution in [0.2, 0.25) is 0 Å². The van der Waals surface area contributed by atoms with Crippen molar-refractivity contribution in [1.29, 1.82) is 0 Å². The third kappa shape index (κ3) is 6.68. The van der Waals surface area contributed by atoms with Gasteiger partial charge in [0.1, 0.15) is 0 Å². The van der Waals surface area contributed by atoms with Crippen LogP contribution < -0.4 is 21.3 Å². The van der Waals surface area contributed by atoms with E-state index in [0.29, 0.717) is 5.69 Å². The van der Waals surface area contributed by atoms with Crippen molar-refractivity contribution in [3.8, 4) is 0 Å². The fraction of sp³-hybridized carbons (Fsp3) is 0.357. The third-order valence-corrected chi connectivity index (χ3v) is 3.34. The predicted octanol–water partition coefficient (Wildman–Crippen LogP) is -0.878. The van der Waals surface area contributed by atoms with Gasteiger partial charge < -0.3 is 21.3 Å². The van der Waals surface area contributed by atoms with Gasteiger partial charge in [-0.2, -0.15) is 0 Å². The lowest BCUT2D eigenvalue weighted by Gasteiger charge is -2.09. The largest absolute Gasteiger partial charge is 0.354 e. The quantitative estimate of drug-likeness (QED) is 0.500. The molecule has 1 aromatic carbocycles. The van der Waals surface area contributed by atoms with Gasteiger partial charge in [-0.15, -0.1) is 0 Å². The maximum Gasteiger partial charge on any atom is 0.275 e. The first kappa shape index (κ1) is 18.1. The summed E-state index contributed by atoms with van der Waals surface area (Å²) in [5.74, 6) is -0.757. The Labute approximate surface area is 137 Å². The van der Waals surface area contributed by atoms with Crippen LogP contribution in [0.15, 0.2) is 22.7 Å². The van der Waals surface area contributed by atoms with Gasteiger partial charge in [-0.1, -0.05) is 15.9 Å². The van der Waals surface area contributed by atoms with Gasteiger partial charge in [0.05, 0.1) is 6.54 Å². The number of hydrogen-bond donors (Lipinski definition) is 4. The minimum Gasteiger partial charge on any atom is -0.354 e. The molecule has 1 aromatic rings. The Morgan fingerprint density at radius 1 is 1.14 bits per heavy atom. The molecule has 0 aromatic heterocycles. The molecule has 8 heteroatoms. The molecule has 0 saturated carbocycles. The summed E-state index contributed by atoms with van der Waals surface area (Å²) in [6.45, 7) is 2.04. The molecule has 0 aliphatic carbocycles. The van der Waals surface area contributed by atoms with E-state index >= 15 is 0 Å². The monoisotopic (exact) mass is 371 g/mol. The van der Waals surface area contributed by atoms with Crippen molar-refractivity contribution in [2.45, 2.75) is 6.92 Å². The average molecular weight is 372 g/mol. The van der Waals surface area contributed by atoms with Crippen LogP contribution in [0.3, 0.4) is 0 Å². The standard InChI is InChI=1S/C14H19BrN4O3/c1-9-5-10(15)3-4-11(9)19-14(22)8-18-13(21)7-17-6-12(20)16-2/h3-5,17H,6-8H2,1-2H3,(H,16,20)(H,18,21)(H,19,22)/p+1. The van der Waals surface area contributed by atoms with Crippen molar-refractivity contribution in [2.24, 2.45) is 0 Å². The minimum absolute atomic E-state index is 0.0952. The number of benzene rings is 1. The number of aryl methyl sites for hydroxylation is 1. The molecule has 5 N–H and O–H groups in total. The molecule has 0 fully saturated rings. The number of quaternary nitrogens is 1. The van der Waals surface area contributed by atoms with E-state index in [1.54, 1.807) is 11.4 Å². The SMILES string of the molecule is CNC(=O)C[NH2+]CC(=O)NCC(=O)Nc1ccc(Br)cc1C. The molecule has 22 heavy (non-hydrogen) atoms. The van der Waals surface area contributed by atoms with Gasteiger partial charge in [0.25, 0.3) is 11.8 Å². The summed E-state index contributed by atoms with van der Waals surface area (Å²) in [5.41, 5.74) is 1.63. The summed E-state index contributed by atoms with van der Waals surface area (Å²) in [6, 6.07) is 5.51. The Kier molecular flexibility index (Phi) is 7.55. The van der Waals surface area contributed by atoms with Gasteiger partial charge in [0.2, 0.25) is 5.91 Å². The van der Waals surface area contributed by atoms with E-state index in [1.807, 2.05) is 19.1 Å². The zero-order valence-corrected chi connectivity index (χ0v) is 14.1. The summed E-state index contributed by atoms with van der Waals surface area (Å²) in [4.78, 5) is 34.3. The zero-order chi connectivity index (χ0) is 16.5. The molecule has 3 amide bonds. The molecule has 0 aliphatic rings. The molecule has 0 unspecified atom stereocenters. The molecule has 0 spiro atoms. The number of nitrogens with one attached hydrogen (secondary N) is 3. The van der Waals surface area contributed by atoms with E-state index in [1.165, 1.54) is 7.05 Å². The number of amides is 3. The minimum atomic E-state index is -0.301. The molecule has 120 valence electrons. The molecular formula is C14H20BrN4O3+. The molecular weight excluding hydrogens is 352 g/mol. The van der Waals surface area contributed by atoms with E-state index in [9.17, 15) is 14.4 Å². The Balaban J connectivity index is 2.30. The lowest BCUT2D eigenvalue weighted by molar-refractivity contribution is -0.633. The van der Waals surface area contributed by atoms with Gasteiger partial charge >= 0.3 is 0 Å². The predicted molar refractivity (Wildman–Crippen MR) is 86.2 cm³/mol. The van der Waals surface area contributed by atoms with Crippen LogP contribution in [0, 0.1) is 6.92 Å². The molecule has 0 aliphatic heterocycles. The van der Waals surface area contributed by atoms with E-state index in [4.69, 9.17) is 0 Å². The Bertz CT molecular complexity index is 563. The first-order valence-electron chi connectivity index (χ1n) is 6.77. The first-order chi connectivity index (χ1) is 10.4. The fourth-order valence-corrected chi connectivity index (χ4v) is 2.12. The lowest BCUT2D eigenvalue weighted by Crippen LogP contribution is -2.88. The molecule has 0 saturated heterocycles. The number of carbonyl (C=O) groups excluding carboxylic acids is 3. The second kappa shape index (κ2) is 9.16. The Morgan fingerprint density at radius 2 is 1.82 bits per heavy atom. The summed E-state index contributed by atoms with van der Waals surface area (Å²) in [5, 5.41) is 9.25. The van der Waals surface area contributed by atoms with E-state index < -0.39 is 0 Å². The number of hydrogen-bond acceptors (Lipinski definition) is 3. The highest BCUT2D eigenvalue weighted by molar-refractivity contribution is 9.10. The number of rotatable bonds is 7. The average Bonchev–Trinajstić information content (AvgIpc) is 2.48. The Morgan fingerprint density at radius 3 is 2.45 bits per heavy atom. The smallest absolute Gasteiger partial charge is 0.275 e. The van der Waals surface area contributed by atoms with Crippen LogP contribution in [-0.4, -0.2) is 44.4 Å². The lowest BCUT2D eigenvalue weighted by atomic mass is 10.2. The molecule has 0 atom stereocenters. The maximum atomic E-state index is 11.8.